The molecule has 0 aliphatic rings. The van der Waals surface area contributed by atoms with Crippen LogP contribution in [0.3, 0.4) is 0 Å². The number of nitrogens with zero attached hydrogens (tertiary/aromatic N) is 1. The fourth-order valence-corrected chi connectivity index (χ4v) is 1.77. The van der Waals surface area contributed by atoms with Crippen molar-refractivity contribution in [3.8, 4) is 11.5 Å². The zero-order valence-electron chi connectivity index (χ0n) is 9.47. The van der Waals surface area contributed by atoms with Gasteiger partial charge in [-0.05, 0) is 18.2 Å². The van der Waals surface area contributed by atoms with Gasteiger partial charge in [0, 0.05) is 18.2 Å². The second-order valence-corrected chi connectivity index (χ2v) is 4.47. The molecule has 0 bridgehead atoms. The average molecular weight is 299 g/mol. The molecular weight excluding hydrogens is 291 g/mol. The highest BCUT2D eigenvalue weighted by Gasteiger charge is 2.11. The van der Waals surface area contributed by atoms with Gasteiger partial charge in [0.25, 0.3) is 5.69 Å². The van der Waals surface area contributed by atoms with E-state index >= 15 is 0 Å². The first-order valence-corrected chi connectivity index (χ1v) is 5.90. The van der Waals surface area contributed by atoms with Gasteiger partial charge in [-0.2, -0.15) is 0 Å². The summed E-state index contributed by atoms with van der Waals surface area (Å²) < 4.78 is 5.49. The van der Waals surface area contributed by atoms with E-state index in [9.17, 15) is 10.1 Å². The molecule has 0 atom stereocenters. The van der Waals surface area contributed by atoms with E-state index in [1.54, 1.807) is 12.1 Å². The zero-order valence-corrected chi connectivity index (χ0v) is 11.0. The average Bonchev–Trinajstić information content (AvgIpc) is 2.36. The molecule has 5 nitrogen and oxygen atoms in total. The van der Waals surface area contributed by atoms with Crippen molar-refractivity contribution in [3.63, 3.8) is 0 Å². The molecule has 2 aromatic rings. The molecule has 7 heteroatoms. The minimum Gasteiger partial charge on any atom is -0.456 e. The summed E-state index contributed by atoms with van der Waals surface area (Å²) in [5.74, 6) is 0.739. The van der Waals surface area contributed by atoms with Crippen molar-refractivity contribution in [3.05, 3.63) is 56.6 Å². The zero-order chi connectivity index (χ0) is 14.0. The normalized spacial score (nSPS) is 10.2. The number of nitro groups is 1. The first-order valence-electron chi connectivity index (χ1n) is 5.14. The second-order valence-electron chi connectivity index (χ2n) is 3.66. The number of hydrogen-bond donors (Lipinski definition) is 1. The van der Waals surface area contributed by atoms with Crippen LogP contribution >= 0.6 is 23.2 Å². The van der Waals surface area contributed by atoms with E-state index in [0.29, 0.717) is 22.2 Å². The summed E-state index contributed by atoms with van der Waals surface area (Å²) in [4.78, 5) is 10.0. The summed E-state index contributed by atoms with van der Waals surface area (Å²) in [5, 5.41) is 11.1. The van der Waals surface area contributed by atoms with Crippen molar-refractivity contribution in [2.75, 3.05) is 5.73 Å². The largest absolute Gasteiger partial charge is 0.456 e. The number of nitrogen functional groups attached to an aromatic ring is 1. The molecule has 0 aliphatic heterocycles. The number of nitro benzene ring substituents is 1. The number of non-ortho nitro benzene ring substituents is 1. The molecule has 19 heavy (non-hydrogen) atoms. The predicted octanol–water partition coefficient (Wildman–Crippen LogP) is 4.28. The molecule has 0 aliphatic carbocycles. The van der Waals surface area contributed by atoms with Gasteiger partial charge in [0.05, 0.1) is 20.7 Å². The third-order valence-electron chi connectivity index (χ3n) is 2.33. The van der Waals surface area contributed by atoms with Gasteiger partial charge >= 0.3 is 0 Å². The Morgan fingerprint density at radius 1 is 1.11 bits per heavy atom. The van der Waals surface area contributed by atoms with E-state index < -0.39 is 4.92 Å². The fourth-order valence-electron chi connectivity index (χ4n) is 1.38. The Morgan fingerprint density at radius 2 is 1.84 bits per heavy atom. The summed E-state index contributed by atoms with van der Waals surface area (Å²) >= 11 is 11.8. The van der Waals surface area contributed by atoms with E-state index in [0.717, 1.165) is 0 Å². The highest BCUT2D eigenvalue weighted by atomic mass is 35.5. The van der Waals surface area contributed by atoms with Crippen LogP contribution in [0.4, 0.5) is 11.4 Å². The minimum atomic E-state index is -0.532. The molecular formula is C12H8Cl2N2O3. The van der Waals surface area contributed by atoms with Gasteiger partial charge in [0.1, 0.15) is 11.5 Å². The van der Waals surface area contributed by atoms with Gasteiger partial charge in [-0.3, -0.25) is 10.1 Å². The topological polar surface area (TPSA) is 78.4 Å². The second kappa shape index (κ2) is 5.34. The highest BCUT2D eigenvalue weighted by molar-refractivity contribution is 6.33. The summed E-state index contributed by atoms with van der Waals surface area (Å²) in [6, 6.07) is 8.70. The lowest BCUT2D eigenvalue weighted by Gasteiger charge is -2.08. The Bertz CT molecular complexity index is 647. The summed E-state index contributed by atoms with van der Waals surface area (Å²) in [5.41, 5.74) is 5.91. The Morgan fingerprint density at radius 3 is 2.42 bits per heavy atom. The lowest BCUT2D eigenvalue weighted by Crippen LogP contribution is -1.91. The van der Waals surface area contributed by atoms with Crippen molar-refractivity contribution >= 4 is 34.6 Å². The maximum atomic E-state index is 10.6. The molecule has 0 spiro atoms. The predicted molar refractivity (Wildman–Crippen MR) is 74.0 cm³/mol. The molecule has 2 N–H and O–H groups in total. The highest BCUT2D eigenvalue weighted by Crippen LogP contribution is 2.34. The quantitative estimate of drug-likeness (QED) is 0.521. The van der Waals surface area contributed by atoms with Crippen molar-refractivity contribution in [1.82, 2.24) is 0 Å². The third-order valence-corrected chi connectivity index (χ3v) is 2.95. The van der Waals surface area contributed by atoms with Gasteiger partial charge in [-0.1, -0.05) is 23.2 Å². The van der Waals surface area contributed by atoms with Crippen LogP contribution in [0, 0.1) is 10.1 Å². The molecule has 0 amide bonds. The fraction of sp³-hybridized carbons (Fsp3) is 0. The summed E-state index contributed by atoms with van der Waals surface area (Å²) in [6.07, 6.45) is 0. The summed E-state index contributed by atoms with van der Waals surface area (Å²) in [7, 11) is 0. The number of halogens is 2. The van der Waals surface area contributed by atoms with Crippen molar-refractivity contribution in [2.24, 2.45) is 0 Å². The lowest BCUT2D eigenvalue weighted by molar-refractivity contribution is -0.384. The molecule has 98 valence electrons. The van der Waals surface area contributed by atoms with Gasteiger partial charge in [0.2, 0.25) is 0 Å². The van der Waals surface area contributed by atoms with E-state index in [1.165, 1.54) is 24.3 Å². The van der Waals surface area contributed by atoms with Crippen LogP contribution < -0.4 is 10.5 Å². The summed E-state index contributed by atoms with van der Waals surface area (Å²) in [6.45, 7) is 0. The molecule has 0 aromatic heterocycles. The minimum absolute atomic E-state index is 0.104. The Balaban J connectivity index is 2.28. The van der Waals surface area contributed by atoms with E-state index in [1.807, 2.05) is 0 Å². The van der Waals surface area contributed by atoms with Crippen LogP contribution in [-0.2, 0) is 0 Å². The van der Waals surface area contributed by atoms with Crippen LogP contribution in [0.25, 0.3) is 0 Å². The van der Waals surface area contributed by atoms with Crippen LogP contribution in [0.2, 0.25) is 10.0 Å². The first-order chi connectivity index (χ1) is 8.97. The molecule has 2 aromatic carbocycles. The Labute approximate surface area is 118 Å². The van der Waals surface area contributed by atoms with Crippen molar-refractivity contribution < 1.29 is 9.66 Å². The molecule has 2 rings (SSSR count). The molecule has 0 heterocycles. The number of anilines is 1. The SMILES string of the molecule is Nc1ccc(Oc2ccc([N+](=O)[O-])cc2Cl)cc1Cl. The first kappa shape index (κ1) is 13.5. The number of nitrogens with two attached hydrogens (primary N) is 1. The van der Waals surface area contributed by atoms with Gasteiger partial charge < -0.3 is 10.5 Å². The van der Waals surface area contributed by atoms with Crippen LogP contribution in [-0.4, -0.2) is 4.92 Å². The van der Waals surface area contributed by atoms with Gasteiger partial charge in [0.15, 0.2) is 0 Å². The maximum absolute atomic E-state index is 10.6. The molecule has 0 radical (unpaired) electrons. The van der Waals surface area contributed by atoms with E-state index in [2.05, 4.69) is 0 Å². The maximum Gasteiger partial charge on any atom is 0.271 e. The lowest BCUT2D eigenvalue weighted by atomic mass is 10.3. The van der Waals surface area contributed by atoms with Crippen LogP contribution in [0.5, 0.6) is 11.5 Å². The van der Waals surface area contributed by atoms with Crippen molar-refractivity contribution in [1.29, 1.82) is 0 Å². The van der Waals surface area contributed by atoms with Crippen LogP contribution in [0.1, 0.15) is 0 Å². The number of benzene rings is 2. The molecule has 0 fully saturated rings. The van der Waals surface area contributed by atoms with Gasteiger partial charge in [-0.25, -0.2) is 0 Å². The Kier molecular flexibility index (Phi) is 3.78. The van der Waals surface area contributed by atoms with Crippen LogP contribution in [0.15, 0.2) is 36.4 Å². The number of ether oxygens (including phenoxy) is 1. The molecule has 0 unspecified atom stereocenters. The molecule has 0 saturated heterocycles. The number of hydrogen-bond acceptors (Lipinski definition) is 4. The smallest absolute Gasteiger partial charge is 0.271 e. The number of rotatable bonds is 3. The monoisotopic (exact) mass is 298 g/mol. The van der Waals surface area contributed by atoms with E-state index in [4.69, 9.17) is 33.7 Å². The van der Waals surface area contributed by atoms with Gasteiger partial charge in [-0.15, -0.1) is 0 Å². The standard InChI is InChI=1S/C12H8Cl2N2O3/c13-9-6-8(2-3-11(9)15)19-12-4-1-7(16(17)18)5-10(12)14/h1-6H,15H2. The van der Waals surface area contributed by atoms with Crippen molar-refractivity contribution in [2.45, 2.75) is 0 Å². The molecule has 0 saturated carbocycles. The van der Waals surface area contributed by atoms with E-state index in [-0.39, 0.29) is 10.7 Å². The third kappa shape index (κ3) is 3.07. The Hall–Kier alpha value is -1.98.